The van der Waals surface area contributed by atoms with Gasteiger partial charge in [0.2, 0.25) is 5.91 Å². The van der Waals surface area contributed by atoms with Crippen molar-refractivity contribution in [3.8, 4) is 5.75 Å². The lowest BCUT2D eigenvalue weighted by Gasteiger charge is -2.09. The van der Waals surface area contributed by atoms with E-state index in [1.165, 1.54) is 11.3 Å². The van der Waals surface area contributed by atoms with Crippen molar-refractivity contribution in [2.75, 3.05) is 11.9 Å². The van der Waals surface area contributed by atoms with Crippen LogP contribution in [0.15, 0.2) is 47.8 Å². The van der Waals surface area contributed by atoms with Crippen molar-refractivity contribution in [2.45, 2.75) is 26.9 Å². The van der Waals surface area contributed by atoms with Gasteiger partial charge in [0, 0.05) is 16.1 Å². The van der Waals surface area contributed by atoms with E-state index >= 15 is 0 Å². The van der Waals surface area contributed by atoms with Gasteiger partial charge < -0.3 is 14.8 Å². The van der Waals surface area contributed by atoms with E-state index in [-0.39, 0.29) is 25.5 Å². The average molecular weight is 445 g/mol. The Kier molecular flexibility index (Phi) is 7.43. The van der Waals surface area contributed by atoms with Crippen molar-refractivity contribution in [1.82, 2.24) is 4.98 Å². The molecular weight excluding hydrogens is 424 g/mol. The molecule has 0 aliphatic heterocycles. The quantitative estimate of drug-likeness (QED) is 0.509. The molecule has 2 aromatic carbocycles. The van der Waals surface area contributed by atoms with E-state index in [0.29, 0.717) is 21.5 Å². The molecule has 3 aromatic rings. The molecule has 30 heavy (non-hydrogen) atoms. The summed E-state index contributed by atoms with van der Waals surface area (Å²) in [4.78, 5) is 28.5. The van der Waals surface area contributed by atoms with Crippen LogP contribution < -0.4 is 10.1 Å². The van der Waals surface area contributed by atoms with Gasteiger partial charge in [0.15, 0.2) is 6.61 Å². The lowest BCUT2D eigenvalue weighted by molar-refractivity contribution is -0.147. The molecule has 0 saturated carbocycles. The first-order valence-corrected chi connectivity index (χ1v) is 10.5. The second-order valence-electron chi connectivity index (χ2n) is 6.63. The van der Waals surface area contributed by atoms with Crippen LogP contribution in [0, 0.1) is 13.8 Å². The molecule has 0 fully saturated rings. The fraction of sp³-hybridized carbons (Fsp3) is 0.227. The average Bonchev–Trinajstić information content (AvgIpc) is 3.14. The zero-order chi connectivity index (χ0) is 21.5. The van der Waals surface area contributed by atoms with Gasteiger partial charge in [0.25, 0.3) is 0 Å². The van der Waals surface area contributed by atoms with Crippen LogP contribution in [0.25, 0.3) is 0 Å². The van der Waals surface area contributed by atoms with E-state index in [1.807, 2.05) is 38.1 Å². The standard InChI is InChI=1S/C22H21ClN2O4S/c1-14-5-3-4-6-18(14)25-20(26)10-21-24-17(13-30-21)11-29-22(27)12-28-19-8-7-16(23)9-15(19)2/h3-9,13H,10-12H2,1-2H3,(H,25,26). The Morgan fingerprint density at radius 2 is 1.93 bits per heavy atom. The summed E-state index contributed by atoms with van der Waals surface area (Å²) in [5, 5.41) is 5.91. The molecular formula is C22H21ClN2O4S. The van der Waals surface area contributed by atoms with Crippen LogP contribution in [0.3, 0.4) is 0 Å². The van der Waals surface area contributed by atoms with Crippen molar-refractivity contribution >= 4 is 40.5 Å². The summed E-state index contributed by atoms with van der Waals surface area (Å²) in [5.41, 5.74) is 3.20. The zero-order valence-corrected chi connectivity index (χ0v) is 18.2. The Hall–Kier alpha value is -2.90. The largest absolute Gasteiger partial charge is 0.482 e. The van der Waals surface area contributed by atoms with Crippen LogP contribution in [0.5, 0.6) is 5.75 Å². The number of amides is 1. The van der Waals surface area contributed by atoms with Gasteiger partial charge in [-0.3, -0.25) is 4.79 Å². The number of hydrogen-bond donors (Lipinski definition) is 1. The first kappa shape index (κ1) is 21.8. The second kappa shape index (κ2) is 10.2. The number of para-hydroxylation sites is 1. The van der Waals surface area contributed by atoms with Gasteiger partial charge >= 0.3 is 5.97 Å². The van der Waals surface area contributed by atoms with Crippen molar-refractivity contribution in [3.63, 3.8) is 0 Å². The highest BCUT2D eigenvalue weighted by molar-refractivity contribution is 7.09. The smallest absolute Gasteiger partial charge is 0.344 e. The van der Waals surface area contributed by atoms with Gasteiger partial charge in [-0.25, -0.2) is 9.78 Å². The molecule has 1 heterocycles. The highest BCUT2D eigenvalue weighted by Gasteiger charge is 2.12. The van der Waals surface area contributed by atoms with Gasteiger partial charge in [-0.15, -0.1) is 11.3 Å². The first-order valence-electron chi connectivity index (χ1n) is 9.24. The molecule has 0 aliphatic carbocycles. The lowest BCUT2D eigenvalue weighted by atomic mass is 10.2. The zero-order valence-electron chi connectivity index (χ0n) is 16.6. The molecule has 0 aliphatic rings. The second-order valence-corrected chi connectivity index (χ2v) is 8.01. The maximum Gasteiger partial charge on any atom is 0.344 e. The number of rotatable bonds is 8. The summed E-state index contributed by atoms with van der Waals surface area (Å²) in [6.45, 7) is 3.60. The fourth-order valence-electron chi connectivity index (χ4n) is 2.65. The van der Waals surface area contributed by atoms with Crippen LogP contribution in [0.1, 0.15) is 21.8 Å². The number of aryl methyl sites for hydroxylation is 2. The first-order chi connectivity index (χ1) is 14.4. The third kappa shape index (κ3) is 6.30. The van der Waals surface area contributed by atoms with E-state index < -0.39 is 5.97 Å². The normalized spacial score (nSPS) is 10.5. The minimum absolute atomic E-state index is 0.0255. The van der Waals surface area contributed by atoms with Crippen molar-refractivity contribution in [3.05, 3.63) is 74.7 Å². The molecule has 0 atom stereocenters. The van der Waals surface area contributed by atoms with E-state index in [1.54, 1.807) is 23.6 Å². The Morgan fingerprint density at radius 1 is 1.13 bits per heavy atom. The summed E-state index contributed by atoms with van der Waals surface area (Å²) >= 11 is 7.25. The molecule has 0 saturated heterocycles. The van der Waals surface area contributed by atoms with Crippen LogP contribution in [-0.2, 0) is 27.4 Å². The molecule has 1 amide bonds. The fourth-order valence-corrected chi connectivity index (χ4v) is 3.65. The highest BCUT2D eigenvalue weighted by atomic mass is 35.5. The number of halogens is 1. The molecule has 156 valence electrons. The van der Waals surface area contributed by atoms with Gasteiger partial charge in [0.05, 0.1) is 12.1 Å². The third-order valence-corrected chi connectivity index (χ3v) is 5.33. The number of nitrogens with one attached hydrogen (secondary N) is 1. The lowest BCUT2D eigenvalue weighted by Crippen LogP contribution is -2.16. The molecule has 8 heteroatoms. The number of benzene rings is 2. The van der Waals surface area contributed by atoms with Crippen LogP contribution in [0.2, 0.25) is 5.02 Å². The van der Waals surface area contributed by atoms with Crippen LogP contribution in [-0.4, -0.2) is 23.5 Å². The molecule has 1 N–H and O–H groups in total. The van der Waals surface area contributed by atoms with E-state index in [0.717, 1.165) is 16.8 Å². The van der Waals surface area contributed by atoms with Gasteiger partial charge in [-0.1, -0.05) is 29.8 Å². The van der Waals surface area contributed by atoms with E-state index in [4.69, 9.17) is 21.1 Å². The number of thiazole rings is 1. The molecule has 0 radical (unpaired) electrons. The Morgan fingerprint density at radius 3 is 2.70 bits per heavy atom. The third-order valence-electron chi connectivity index (χ3n) is 4.19. The summed E-state index contributed by atoms with van der Waals surface area (Å²) in [7, 11) is 0. The van der Waals surface area contributed by atoms with Gasteiger partial charge in [0.1, 0.15) is 17.4 Å². The Bertz CT molecular complexity index is 1050. The number of carbonyl (C=O) groups is 2. The maximum atomic E-state index is 12.2. The van der Waals surface area contributed by atoms with Crippen LogP contribution >= 0.6 is 22.9 Å². The minimum Gasteiger partial charge on any atom is -0.482 e. The van der Waals surface area contributed by atoms with E-state index in [2.05, 4.69) is 10.3 Å². The van der Waals surface area contributed by atoms with Gasteiger partial charge in [-0.05, 0) is 49.2 Å². The summed E-state index contributed by atoms with van der Waals surface area (Å²) in [5.74, 6) is -0.0721. The SMILES string of the molecule is Cc1ccccc1NC(=O)Cc1nc(COC(=O)COc2ccc(Cl)cc2C)cs1. The number of esters is 1. The number of aromatic nitrogens is 1. The monoisotopic (exact) mass is 444 g/mol. The maximum absolute atomic E-state index is 12.2. The number of anilines is 1. The Labute approximate surface area is 183 Å². The number of hydrogen-bond acceptors (Lipinski definition) is 6. The molecule has 0 spiro atoms. The van der Waals surface area contributed by atoms with Crippen molar-refractivity contribution in [2.24, 2.45) is 0 Å². The number of ether oxygens (including phenoxy) is 2. The molecule has 0 bridgehead atoms. The Balaban J connectivity index is 1.44. The molecule has 1 aromatic heterocycles. The van der Waals surface area contributed by atoms with Crippen molar-refractivity contribution in [1.29, 1.82) is 0 Å². The highest BCUT2D eigenvalue weighted by Crippen LogP contribution is 2.22. The van der Waals surface area contributed by atoms with E-state index in [9.17, 15) is 9.59 Å². The summed E-state index contributed by atoms with van der Waals surface area (Å²) in [6.07, 6.45) is 0.159. The molecule has 0 unspecified atom stereocenters. The number of carbonyl (C=O) groups excluding carboxylic acids is 2. The number of nitrogens with zero attached hydrogens (tertiary/aromatic N) is 1. The summed E-state index contributed by atoms with van der Waals surface area (Å²) < 4.78 is 10.7. The van der Waals surface area contributed by atoms with Crippen LogP contribution in [0.4, 0.5) is 5.69 Å². The minimum atomic E-state index is -0.504. The predicted molar refractivity (Wildman–Crippen MR) is 117 cm³/mol. The molecule has 6 nitrogen and oxygen atoms in total. The van der Waals surface area contributed by atoms with Crippen molar-refractivity contribution < 1.29 is 19.1 Å². The van der Waals surface area contributed by atoms with Gasteiger partial charge in [-0.2, -0.15) is 0 Å². The predicted octanol–water partition coefficient (Wildman–Crippen LogP) is 4.72. The summed E-state index contributed by atoms with van der Waals surface area (Å²) in [6, 6.07) is 12.7. The topological polar surface area (TPSA) is 77.5 Å². The molecule has 3 rings (SSSR count).